The van der Waals surface area contributed by atoms with Crippen LogP contribution in [0.1, 0.15) is 57.0 Å². The number of imidazole rings is 1. The van der Waals surface area contributed by atoms with E-state index in [1.165, 1.54) is 6.20 Å². The zero-order valence-electron chi connectivity index (χ0n) is 13.8. The minimum absolute atomic E-state index is 0.0711. The van der Waals surface area contributed by atoms with E-state index in [4.69, 9.17) is 9.47 Å². The predicted molar refractivity (Wildman–Crippen MR) is 79.5 cm³/mol. The van der Waals surface area contributed by atoms with Crippen LogP contribution in [0.3, 0.4) is 0 Å². The van der Waals surface area contributed by atoms with Gasteiger partial charge in [0.1, 0.15) is 17.1 Å². The van der Waals surface area contributed by atoms with E-state index in [-0.39, 0.29) is 18.1 Å². The van der Waals surface area contributed by atoms with Crippen molar-refractivity contribution in [1.29, 1.82) is 0 Å². The second kappa shape index (κ2) is 5.98. The zero-order chi connectivity index (χ0) is 16.5. The second-order valence-corrected chi connectivity index (χ2v) is 6.36. The molecule has 0 fully saturated rings. The van der Waals surface area contributed by atoms with Crippen molar-refractivity contribution in [3.8, 4) is 0 Å². The Morgan fingerprint density at radius 2 is 2.09 bits per heavy atom. The third-order valence-electron chi connectivity index (χ3n) is 3.27. The molecule has 1 aliphatic heterocycles. The van der Waals surface area contributed by atoms with E-state index in [1.54, 1.807) is 11.8 Å². The molecule has 1 amide bonds. The summed E-state index contributed by atoms with van der Waals surface area (Å²) in [4.78, 5) is 30.0. The Bertz CT molecular complexity index is 574. The fraction of sp³-hybridized carbons (Fsp3) is 0.667. The van der Waals surface area contributed by atoms with Gasteiger partial charge >= 0.3 is 12.1 Å². The molecule has 1 aromatic heterocycles. The summed E-state index contributed by atoms with van der Waals surface area (Å²) in [6.07, 6.45) is 1.13. The van der Waals surface area contributed by atoms with Gasteiger partial charge < -0.3 is 14.0 Å². The van der Waals surface area contributed by atoms with Gasteiger partial charge in [-0.15, -0.1) is 0 Å². The first-order chi connectivity index (χ1) is 10.2. The normalized spacial score (nSPS) is 17.9. The van der Waals surface area contributed by atoms with Crippen molar-refractivity contribution >= 4 is 12.1 Å². The van der Waals surface area contributed by atoms with E-state index < -0.39 is 5.60 Å². The van der Waals surface area contributed by atoms with Gasteiger partial charge in [-0.2, -0.15) is 0 Å². The first-order valence-electron chi connectivity index (χ1n) is 7.44. The number of ether oxygens (including phenoxy) is 2. The van der Waals surface area contributed by atoms with Crippen LogP contribution in [-0.4, -0.2) is 45.3 Å². The van der Waals surface area contributed by atoms with Crippen LogP contribution in [0.4, 0.5) is 4.79 Å². The quantitative estimate of drug-likeness (QED) is 0.784. The first kappa shape index (κ1) is 16.3. The molecule has 2 rings (SSSR count). The summed E-state index contributed by atoms with van der Waals surface area (Å²) in [6.45, 7) is 10.3. The number of carbonyl (C=O) groups is 2. The van der Waals surface area contributed by atoms with E-state index in [9.17, 15) is 9.59 Å². The number of hydrogen-bond donors (Lipinski definition) is 0. The molecule has 22 heavy (non-hydrogen) atoms. The molecular formula is C15H23N3O4. The molecule has 122 valence electrons. The van der Waals surface area contributed by atoms with E-state index >= 15 is 0 Å². The number of fused-ring (bicyclic) bond motifs is 1. The number of hydrogen-bond acceptors (Lipinski definition) is 5. The largest absolute Gasteiger partial charge is 0.461 e. The number of amides is 1. The van der Waals surface area contributed by atoms with Crippen LogP contribution in [0.5, 0.6) is 0 Å². The molecule has 0 bridgehead atoms. The summed E-state index contributed by atoms with van der Waals surface area (Å²) in [5.74, 6) is 0.270. The van der Waals surface area contributed by atoms with Gasteiger partial charge in [-0.1, -0.05) is 0 Å². The highest BCUT2D eigenvalue weighted by atomic mass is 16.6. The van der Waals surface area contributed by atoms with Gasteiger partial charge in [0.05, 0.1) is 25.4 Å². The average molecular weight is 309 g/mol. The SMILES string of the molecule is CCOC(=O)c1cnc2n1[C@@H](C)CN(C(=O)OC(C)(C)C)C2. The average Bonchev–Trinajstić information content (AvgIpc) is 2.81. The minimum Gasteiger partial charge on any atom is -0.461 e. The van der Waals surface area contributed by atoms with Crippen LogP contribution in [0.2, 0.25) is 0 Å². The van der Waals surface area contributed by atoms with Gasteiger partial charge in [0.25, 0.3) is 0 Å². The van der Waals surface area contributed by atoms with Crippen molar-refractivity contribution in [3.05, 3.63) is 17.7 Å². The maximum atomic E-state index is 12.2. The van der Waals surface area contributed by atoms with Gasteiger partial charge in [-0.25, -0.2) is 14.6 Å². The molecule has 0 saturated carbocycles. The summed E-state index contributed by atoms with van der Waals surface area (Å²) >= 11 is 0. The number of rotatable bonds is 2. The molecule has 0 N–H and O–H groups in total. The summed E-state index contributed by atoms with van der Waals surface area (Å²) in [6, 6.07) is -0.0711. The van der Waals surface area contributed by atoms with Gasteiger partial charge in [0.2, 0.25) is 0 Å². The lowest BCUT2D eigenvalue weighted by Gasteiger charge is -2.34. The maximum absolute atomic E-state index is 12.2. The Morgan fingerprint density at radius 3 is 2.68 bits per heavy atom. The highest BCUT2D eigenvalue weighted by Crippen LogP contribution is 2.24. The number of aromatic nitrogens is 2. The lowest BCUT2D eigenvalue weighted by Crippen LogP contribution is -2.43. The van der Waals surface area contributed by atoms with Crippen molar-refractivity contribution in [2.75, 3.05) is 13.2 Å². The van der Waals surface area contributed by atoms with Gasteiger partial charge in [0, 0.05) is 6.54 Å². The molecule has 7 nitrogen and oxygen atoms in total. The highest BCUT2D eigenvalue weighted by Gasteiger charge is 2.32. The monoisotopic (exact) mass is 309 g/mol. The Kier molecular flexibility index (Phi) is 4.44. The van der Waals surface area contributed by atoms with Crippen molar-refractivity contribution < 1.29 is 19.1 Å². The summed E-state index contributed by atoms with van der Waals surface area (Å²) in [5.41, 5.74) is -0.114. The lowest BCUT2D eigenvalue weighted by atomic mass is 10.2. The molecule has 1 aromatic rings. The van der Waals surface area contributed by atoms with Crippen molar-refractivity contribution in [1.82, 2.24) is 14.5 Å². The molecular weight excluding hydrogens is 286 g/mol. The van der Waals surface area contributed by atoms with Crippen LogP contribution in [-0.2, 0) is 16.0 Å². The van der Waals surface area contributed by atoms with Crippen LogP contribution in [0, 0.1) is 0 Å². The standard InChI is InChI=1S/C15H23N3O4/c1-6-21-13(19)11-7-16-12-9-17(8-10(2)18(11)12)14(20)22-15(3,4)5/h7,10H,6,8-9H2,1-5H3/t10-/m0/s1. The molecule has 2 heterocycles. The molecule has 0 saturated heterocycles. The van der Waals surface area contributed by atoms with Crippen molar-refractivity contribution in [2.24, 2.45) is 0 Å². The van der Waals surface area contributed by atoms with Crippen molar-refractivity contribution in [3.63, 3.8) is 0 Å². The van der Waals surface area contributed by atoms with E-state index in [0.29, 0.717) is 31.2 Å². The third-order valence-corrected chi connectivity index (χ3v) is 3.27. The molecule has 0 aromatic carbocycles. The maximum Gasteiger partial charge on any atom is 0.410 e. The van der Waals surface area contributed by atoms with Crippen LogP contribution >= 0.6 is 0 Å². The summed E-state index contributed by atoms with van der Waals surface area (Å²) in [5, 5.41) is 0. The molecule has 1 aliphatic rings. The predicted octanol–water partition coefficient (Wildman–Crippen LogP) is 2.37. The minimum atomic E-state index is -0.538. The van der Waals surface area contributed by atoms with E-state index in [0.717, 1.165) is 0 Å². The topological polar surface area (TPSA) is 73.7 Å². The van der Waals surface area contributed by atoms with Crippen LogP contribution < -0.4 is 0 Å². The Balaban J connectivity index is 2.18. The van der Waals surface area contributed by atoms with Gasteiger partial charge in [-0.05, 0) is 34.6 Å². The third kappa shape index (κ3) is 3.40. The van der Waals surface area contributed by atoms with Crippen molar-refractivity contribution in [2.45, 2.75) is 52.8 Å². The van der Waals surface area contributed by atoms with Gasteiger partial charge in [-0.3, -0.25) is 4.90 Å². The molecule has 1 atom stereocenters. The number of esters is 1. The molecule has 7 heteroatoms. The lowest BCUT2D eigenvalue weighted by molar-refractivity contribution is 0.0167. The van der Waals surface area contributed by atoms with E-state index in [1.807, 2.05) is 32.3 Å². The fourth-order valence-corrected chi connectivity index (χ4v) is 2.47. The summed E-state index contributed by atoms with van der Waals surface area (Å²) < 4.78 is 12.3. The fourth-order valence-electron chi connectivity index (χ4n) is 2.47. The Hall–Kier alpha value is -2.05. The molecule has 0 spiro atoms. The highest BCUT2D eigenvalue weighted by molar-refractivity contribution is 5.87. The number of carbonyl (C=O) groups excluding carboxylic acids is 2. The van der Waals surface area contributed by atoms with E-state index in [2.05, 4.69) is 4.98 Å². The second-order valence-electron chi connectivity index (χ2n) is 6.36. The Morgan fingerprint density at radius 1 is 1.41 bits per heavy atom. The molecule has 0 radical (unpaired) electrons. The molecule has 0 aliphatic carbocycles. The molecule has 0 unspecified atom stereocenters. The zero-order valence-corrected chi connectivity index (χ0v) is 13.8. The Labute approximate surface area is 130 Å². The first-order valence-corrected chi connectivity index (χ1v) is 7.44. The number of nitrogens with zero attached hydrogens (tertiary/aromatic N) is 3. The van der Waals surface area contributed by atoms with Gasteiger partial charge in [0.15, 0.2) is 0 Å². The van der Waals surface area contributed by atoms with Crippen LogP contribution in [0.25, 0.3) is 0 Å². The summed E-state index contributed by atoms with van der Waals surface area (Å²) in [7, 11) is 0. The van der Waals surface area contributed by atoms with Crippen LogP contribution in [0.15, 0.2) is 6.20 Å². The smallest absolute Gasteiger partial charge is 0.410 e.